The summed E-state index contributed by atoms with van der Waals surface area (Å²) in [6, 6.07) is 9.39. The number of aromatic nitrogens is 2. The first-order valence-corrected chi connectivity index (χ1v) is 8.61. The van der Waals surface area contributed by atoms with Gasteiger partial charge in [0.25, 0.3) is 5.56 Å². The maximum absolute atomic E-state index is 12.4. The average molecular weight is 377 g/mol. The van der Waals surface area contributed by atoms with Crippen LogP contribution in [0.3, 0.4) is 0 Å². The summed E-state index contributed by atoms with van der Waals surface area (Å²) in [4.78, 5) is 28.5. The van der Waals surface area contributed by atoms with Crippen molar-refractivity contribution < 1.29 is 4.74 Å². The molecule has 0 spiro atoms. The zero-order valence-electron chi connectivity index (χ0n) is 14.8. The molecule has 0 unspecified atom stereocenters. The van der Waals surface area contributed by atoms with Crippen LogP contribution in [0.5, 0.6) is 0 Å². The predicted octanol–water partition coefficient (Wildman–Crippen LogP) is 0.514. The van der Waals surface area contributed by atoms with Crippen LogP contribution in [0, 0.1) is 0 Å². The Morgan fingerprint density at radius 3 is 2.65 bits per heavy atom. The molecule has 0 aliphatic heterocycles. The van der Waals surface area contributed by atoms with Crippen molar-refractivity contribution in [2.24, 2.45) is 0 Å². The number of H-pyrrole nitrogens is 1. The predicted molar refractivity (Wildman–Crippen MR) is 107 cm³/mol. The first-order chi connectivity index (χ1) is 12.5. The molecule has 0 radical (unpaired) electrons. The van der Waals surface area contributed by atoms with Crippen molar-refractivity contribution in [3.05, 3.63) is 56.7 Å². The first-order valence-electron chi connectivity index (χ1n) is 8.20. The van der Waals surface area contributed by atoms with Gasteiger partial charge in [0.15, 0.2) is 10.8 Å². The fourth-order valence-corrected chi connectivity index (χ4v) is 2.84. The fraction of sp³-hybridized carbons (Fsp3) is 0.353. The second kappa shape index (κ2) is 9.16. The van der Waals surface area contributed by atoms with Crippen LogP contribution >= 0.6 is 12.2 Å². The molecule has 140 valence electrons. The molecule has 1 aromatic heterocycles. The Bertz CT molecular complexity index is 863. The normalized spacial score (nSPS) is 10.5. The van der Waals surface area contributed by atoms with Crippen LogP contribution in [0.25, 0.3) is 0 Å². The number of nitrogens with one attached hydrogen (secondary N) is 2. The second-order valence-corrected chi connectivity index (χ2v) is 5.92. The first kappa shape index (κ1) is 19.7. The van der Waals surface area contributed by atoms with E-state index in [2.05, 4.69) is 10.3 Å². The van der Waals surface area contributed by atoms with E-state index in [0.717, 1.165) is 5.56 Å². The van der Waals surface area contributed by atoms with E-state index in [1.807, 2.05) is 37.3 Å². The minimum Gasteiger partial charge on any atom is -0.383 e. The van der Waals surface area contributed by atoms with Crippen LogP contribution in [0.2, 0.25) is 0 Å². The van der Waals surface area contributed by atoms with E-state index in [1.54, 1.807) is 12.0 Å². The van der Waals surface area contributed by atoms with E-state index in [4.69, 9.17) is 22.7 Å². The zero-order chi connectivity index (χ0) is 19.1. The van der Waals surface area contributed by atoms with E-state index in [9.17, 15) is 9.59 Å². The molecule has 1 aromatic carbocycles. The highest BCUT2D eigenvalue weighted by Gasteiger charge is 2.20. The summed E-state index contributed by atoms with van der Waals surface area (Å²) in [6.45, 7) is 3.46. The van der Waals surface area contributed by atoms with Crippen molar-refractivity contribution in [1.82, 2.24) is 14.9 Å². The third-order valence-electron chi connectivity index (χ3n) is 3.81. The molecule has 0 aliphatic carbocycles. The van der Waals surface area contributed by atoms with Gasteiger partial charge in [0.2, 0.25) is 0 Å². The van der Waals surface area contributed by atoms with Gasteiger partial charge in [-0.2, -0.15) is 0 Å². The van der Waals surface area contributed by atoms with E-state index in [-0.39, 0.29) is 18.1 Å². The minimum absolute atomic E-state index is 0.0698. The lowest BCUT2D eigenvalue weighted by Gasteiger charge is -2.25. The fourth-order valence-electron chi connectivity index (χ4n) is 2.52. The van der Waals surface area contributed by atoms with Gasteiger partial charge in [0.1, 0.15) is 5.82 Å². The summed E-state index contributed by atoms with van der Waals surface area (Å²) in [5.41, 5.74) is 6.10. The molecule has 0 atom stereocenters. The minimum atomic E-state index is -0.574. The number of methoxy groups -OCH3 is 1. The van der Waals surface area contributed by atoms with E-state index in [1.165, 1.54) is 4.57 Å². The Kier molecular flexibility index (Phi) is 6.93. The van der Waals surface area contributed by atoms with Crippen LogP contribution in [-0.2, 0) is 11.3 Å². The lowest BCUT2D eigenvalue weighted by Crippen LogP contribution is -2.46. The summed E-state index contributed by atoms with van der Waals surface area (Å²) >= 11 is 5.36. The SMILES string of the molecule is CCN(C(=S)NCCOC)c1c(N)n(Cc2ccccc2)c(=O)[nH]c1=O. The number of ether oxygens (including phenoxy) is 1. The molecular weight excluding hydrogens is 354 g/mol. The van der Waals surface area contributed by atoms with Crippen molar-refractivity contribution in [2.45, 2.75) is 13.5 Å². The van der Waals surface area contributed by atoms with Gasteiger partial charge >= 0.3 is 5.69 Å². The molecule has 4 N–H and O–H groups in total. The van der Waals surface area contributed by atoms with E-state index < -0.39 is 11.2 Å². The largest absolute Gasteiger partial charge is 0.383 e. The Hall–Kier alpha value is -2.65. The van der Waals surface area contributed by atoms with Crippen molar-refractivity contribution in [2.75, 3.05) is 37.4 Å². The van der Waals surface area contributed by atoms with Gasteiger partial charge < -0.3 is 20.7 Å². The molecule has 2 aromatic rings. The highest BCUT2D eigenvalue weighted by molar-refractivity contribution is 7.80. The molecule has 1 heterocycles. The van der Waals surface area contributed by atoms with Crippen molar-refractivity contribution in [3.63, 3.8) is 0 Å². The van der Waals surface area contributed by atoms with Crippen LogP contribution in [0.15, 0.2) is 39.9 Å². The highest BCUT2D eigenvalue weighted by Crippen LogP contribution is 2.17. The van der Waals surface area contributed by atoms with Crippen molar-refractivity contribution in [1.29, 1.82) is 0 Å². The topological polar surface area (TPSA) is 105 Å². The molecule has 8 nitrogen and oxygen atoms in total. The molecule has 0 aliphatic rings. The second-order valence-electron chi connectivity index (χ2n) is 5.53. The average Bonchev–Trinajstić information content (AvgIpc) is 2.63. The van der Waals surface area contributed by atoms with Gasteiger partial charge in [-0.05, 0) is 24.7 Å². The Balaban J connectivity index is 2.41. The van der Waals surface area contributed by atoms with Gasteiger partial charge in [0.05, 0.1) is 13.2 Å². The number of hydrogen-bond donors (Lipinski definition) is 3. The maximum atomic E-state index is 12.4. The number of anilines is 2. The van der Waals surface area contributed by atoms with Gasteiger partial charge in [0, 0.05) is 20.2 Å². The summed E-state index contributed by atoms with van der Waals surface area (Å²) in [6.07, 6.45) is 0. The van der Waals surface area contributed by atoms with Crippen LogP contribution in [-0.4, -0.2) is 41.5 Å². The third kappa shape index (κ3) is 4.50. The third-order valence-corrected chi connectivity index (χ3v) is 4.18. The lowest BCUT2D eigenvalue weighted by molar-refractivity contribution is 0.204. The summed E-state index contributed by atoms with van der Waals surface area (Å²) in [7, 11) is 1.59. The number of nitrogens with zero attached hydrogens (tertiary/aromatic N) is 2. The number of benzene rings is 1. The Morgan fingerprint density at radius 1 is 1.35 bits per heavy atom. The lowest BCUT2D eigenvalue weighted by atomic mass is 10.2. The van der Waals surface area contributed by atoms with Crippen LogP contribution in [0.4, 0.5) is 11.5 Å². The summed E-state index contributed by atoms with van der Waals surface area (Å²) < 4.78 is 6.31. The van der Waals surface area contributed by atoms with E-state index in [0.29, 0.717) is 24.8 Å². The van der Waals surface area contributed by atoms with Crippen molar-refractivity contribution in [3.8, 4) is 0 Å². The molecule has 0 amide bonds. The molecule has 0 saturated carbocycles. The Labute approximate surface area is 156 Å². The monoisotopic (exact) mass is 377 g/mol. The molecule has 26 heavy (non-hydrogen) atoms. The van der Waals surface area contributed by atoms with Gasteiger partial charge in [-0.25, -0.2) is 4.79 Å². The summed E-state index contributed by atoms with van der Waals surface area (Å²) in [5.74, 6) is 0.0698. The molecule has 2 rings (SSSR count). The molecule has 9 heteroatoms. The summed E-state index contributed by atoms with van der Waals surface area (Å²) in [5, 5.41) is 3.35. The highest BCUT2D eigenvalue weighted by atomic mass is 32.1. The number of hydrogen-bond acceptors (Lipinski definition) is 5. The van der Waals surface area contributed by atoms with Crippen LogP contribution < -0.4 is 27.2 Å². The smallest absolute Gasteiger partial charge is 0.330 e. The Morgan fingerprint density at radius 2 is 2.04 bits per heavy atom. The van der Waals surface area contributed by atoms with Gasteiger partial charge in [-0.15, -0.1) is 0 Å². The molecule has 0 bridgehead atoms. The van der Waals surface area contributed by atoms with E-state index >= 15 is 0 Å². The molecular formula is C17H23N5O3S. The maximum Gasteiger partial charge on any atom is 0.330 e. The quantitative estimate of drug-likeness (QED) is 0.477. The van der Waals surface area contributed by atoms with Crippen LogP contribution in [0.1, 0.15) is 12.5 Å². The van der Waals surface area contributed by atoms with Gasteiger partial charge in [-0.3, -0.25) is 14.3 Å². The van der Waals surface area contributed by atoms with Crippen molar-refractivity contribution >= 4 is 28.8 Å². The standard InChI is InChI=1S/C17H23N5O3S/c1-3-21(17(26)19-9-10-25-2)13-14(18)22(16(24)20-15(13)23)11-12-7-5-4-6-8-12/h4-8H,3,9-11,18H2,1-2H3,(H,19,26)(H,20,23,24). The number of rotatable bonds is 7. The number of thiocarbonyl (C=S) groups is 1. The molecule has 0 saturated heterocycles. The zero-order valence-corrected chi connectivity index (χ0v) is 15.6. The molecule has 0 fully saturated rings. The number of aromatic amines is 1. The number of nitrogen functional groups attached to an aromatic ring is 1. The number of nitrogens with two attached hydrogens (primary N) is 1. The van der Waals surface area contributed by atoms with Gasteiger partial charge in [-0.1, -0.05) is 30.3 Å².